The van der Waals surface area contributed by atoms with Crippen LogP contribution in [0.25, 0.3) is 0 Å². The second kappa shape index (κ2) is 9.88. The Labute approximate surface area is 180 Å². The third-order valence-electron chi connectivity index (χ3n) is 3.84. The lowest BCUT2D eigenvalue weighted by Gasteiger charge is -2.07. The maximum Gasteiger partial charge on any atom is 0.519 e. The van der Waals surface area contributed by atoms with Gasteiger partial charge in [0, 0.05) is 0 Å². The molecule has 0 bridgehead atoms. The Kier molecular flexibility index (Phi) is 6.80. The number of para-hydroxylation sites is 1. The average Bonchev–Trinajstić information content (AvgIpc) is 3.07. The molecule has 166 valence electrons. The van der Waals surface area contributed by atoms with E-state index >= 15 is 0 Å². The topological polar surface area (TPSA) is 198 Å². The minimum Gasteiger partial charge on any atom is -0.483 e. The first-order valence-electron chi connectivity index (χ1n) is 9.03. The molecule has 0 unspecified atom stereocenters. The predicted octanol–water partition coefficient (Wildman–Crippen LogP) is 2.55. The lowest BCUT2D eigenvalue weighted by atomic mass is 10.3. The Hall–Kier alpha value is -4.68. The van der Waals surface area contributed by atoms with E-state index in [1.54, 1.807) is 31.2 Å². The summed E-state index contributed by atoms with van der Waals surface area (Å²) in [5.41, 5.74) is 11.3. The van der Waals surface area contributed by atoms with Crippen LogP contribution < -0.4 is 27.3 Å². The number of nitrogens with two attached hydrogens (primary N) is 2. The van der Waals surface area contributed by atoms with Crippen molar-refractivity contribution in [3.63, 3.8) is 0 Å². The largest absolute Gasteiger partial charge is 0.519 e. The number of primary amides is 1. The zero-order valence-corrected chi connectivity index (χ0v) is 16.7. The van der Waals surface area contributed by atoms with Gasteiger partial charge >= 0.3 is 11.9 Å². The third kappa shape index (κ3) is 5.91. The number of pyridine rings is 1. The molecule has 3 rings (SSSR count). The molecule has 0 aliphatic carbocycles. The molecule has 0 saturated heterocycles. The molecule has 0 saturated carbocycles. The summed E-state index contributed by atoms with van der Waals surface area (Å²) in [6.07, 6.45) is -1.07. The molecule has 1 aromatic carbocycles. The number of amides is 2. The Morgan fingerprint density at radius 1 is 1.12 bits per heavy atom. The van der Waals surface area contributed by atoms with Crippen LogP contribution in [0, 0.1) is 6.92 Å². The fourth-order valence-electron chi connectivity index (χ4n) is 2.36. The second-order valence-corrected chi connectivity index (χ2v) is 6.15. The van der Waals surface area contributed by atoms with Crippen molar-refractivity contribution in [3.8, 4) is 5.75 Å². The number of hydrogen-bond donors (Lipinski definition) is 3. The van der Waals surface area contributed by atoms with Crippen molar-refractivity contribution >= 4 is 35.0 Å². The van der Waals surface area contributed by atoms with Crippen molar-refractivity contribution in [3.05, 3.63) is 58.5 Å². The van der Waals surface area contributed by atoms with Gasteiger partial charge in [-0.05, 0) is 31.2 Å². The number of aryl methyl sites for hydroxylation is 1. The van der Waals surface area contributed by atoms with Crippen molar-refractivity contribution < 1.29 is 27.9 Å². The summed E-state index contributed by atoms with van der Waals surface area (Å²) in [4.78, 5) is 37.3. The molecule has 0 atom stereocenters. The number of ether oxygens (including phenoxy) is 2. The highest BCUT2D eigenvalue weighted by molar-refractivity contribution is 5.92. The molecule has 2 heterocycles. The van der Waals surface area contributed by atoms with Gasteiger partial charge in [0.15, 0.2) is 23.9 Å². The first kappa shape index (κ1) is 22.0. The number of nitrogens with one attached hydrogen (secondary N) is 1. The van der Waals surface area contributed by atoms with Gasteiger partial charge < -0.3 is 35.1 Å². The van der Waals surface area contributed by atoms with Crippen molar-refractivity contribution in [2.24, 2.45) is 16.0 Å². The predicted molar refractivity (Wildman–Crippen MR) is 110 cm³/mol. The van der Waals surface area contributed by atoms with Gasteiger partial charge in [0.2, 0.25) is 0 Å². The molecule has 0 fully saturated rings. The number of nitrogens with zero attached hydrogens (tertiary/aromatic N) is 3. The van der Waals surface area contributed by atoms with Gasteiger partial charge in [-0.2, -0.15) is 0 Å². The first-order chi connectivity index (χ1) is 15.3. The Morgan fingerprint density at radius 3 is 2.56 bits per heavy atom. The smallest absolute Gasteiger partial charge is 0.483 e. The van der Waals surface area contributed by atoms with E-state index in [0.29, 0.717) is 17.2 Å². The quantitative estimate of drug-likeness (QED) is 0.439. The van der Waals surface area contributed by atoms with Crippen LogP contribution in [-0.2, 0) is 16.1 Å². The van der Waals surface area contributed by atoms with Gasteiger partial charge in [0.25, 0.3) is 5.91 Å². The number of rotatable bonds is 8. The van der Waals surface area contributed by atoms with E-state index in [-0.39, 0.29) is 29.7 Å². The van der Waals surface area contributed by atoms with Gasteiger partial charge in [-0.1, -0.05) is 12.1 Å². The molecule has 5 N–H and O–H groups in total. The van der Waals surface area contributed by atoms with E-state index in [0.717, 1.165) is 0 Å². The number of azo groups is 1. The minimum absolute atomic E-state index is 0.00318. The molecule has 32 heavy (non-hydrogen) atoms. The molecule has 0 aliphatic rings. The lowest BCUT2D eigenvalue weighted by Crippen LogP contribution is -2.24. The lowest BCUT2D eigenvalue weighted by molar-refractivity contribution is -0.118. The summed E-state index contributed by atoms with van der Waals surface area (Å²) in [6, 6.07) is 9.73. The SMILES string of the molecule is Cc1oc(=O)oc1COc1ccccc1/N=N/c1ccc(NC(=O)COC(N)=O)nc1N. The third-order valence-corrected chi connectivity index (χ3v) is 3.84. The maximum absolute atomic E-state index is 11.6. The Balaban J connectivity index is 1.68. The summed E-state index contributed by atoms with van der Waals surface area (Å²) in [7, 11) is 0. The van der Waals surface area contributed by atoms with E-state index in [9.17, 15) is 14.4 Å². The van der Waals surface area contributed by atoms with Gasteiger partial charge in [-0.3, -0.25) is 4.79 Å². The molecular formula is C19H18N6O7. The van der Waals surface area contributed by atoms with E-state index in [2.05, 4.69) is 25.3 Å². The van der Waals surface area contributed by atoms with Crippen molar-refractivity contribution in [2.45, 2.75) is 13.5 Å². The van der Waals surface area contributed by atoms with Crippen LogP contribution in [0.5, 0.6) is 5.75 Å². The van der Waals surface area contributed by atoms with Crippen LogP contribution >= 0.6 is 0 Å². The van der Waals surface area contributed by atoms with E-state index in [1.807, 2.05) is 0 Å². The highest BCUT2D eigenvalue weighted by Crippen LogP contribution is 2.31. The van der Waals surface area contributed by atoms with Gasteiger partial charge in [-0.25, -0.2) is 14.6 Å². The fourth-order valence-corrected chi connectivity index (χ4v) is 2.36. The van der Waals surface area contributed by atoms with Crippen molar-refractivity contribution in [1.29, 1.82) is 0 Å². The highest BCUT2D eigenvalue weighted by atomic mass is 16.6. The molecule has 0 aliphatic heterocycles. The standard InChI is InChI=1S/C19H18N6O7/c1-10-14(32-19(28)31-10)8-29-13-5-3-2-4-11(13)24-25-12-6-7-15(23-17(12)20)22-16(26)9-30-18(21)27/h2-7H,8-9H2,1H3,(H2,21,27)(H3,20,22,23,26)/b25-24+. The molecule has 0 radical (unpaired) electrons. The summed E-state index contributed by atoms with van der Waals surface area (Å²) >= 11 is 0. The number of anilines is 2. The van der Waals surface area contributed by atoms with Crippen molar-refractivity contribution in [2.75, 3.05) is 17.7 Å². The van der Waals surface area contributed by atoms with Crippen LogP contribution in [0.2, 0.25) is 0 Å². The number of aromatic nitrogens is 1. The van der Waals surface area contributed by atoms with E-state index < -0.39 is 24.4 Å². The average molecular weight is 442 g/mol. The fraction of sp³-hybridized carbons (Fsp3) is 0.158. The van der Waals surface area contributed by atoms with Gasteiger partial charge in [0.05, 0.1) is 0 Å². The minimum atomic E-state index is -1.07. The normalized spacial score (nSPS) is 10.8. The summed E-state index contributed by atoms with van der Waals surface area (Å²) in [6.45, 7) is 0.987. The molecule has 13 heteroatoms. The molecule has 2 aromatic heterocycles. The zero-order chi connectivity index (χ0) is 23.1. The van der Waals surface area contributed by atoms with Gasteiger partial charge in [0.1, 0.15) is 29.5 Å². The number of benzene rings is 1. The maximum atomic E-state index is 11.6. The summed E-state index contributed by atoms with van der Waals surface area (Å²) < 4.78 is 19.7. The second-order valence-electron chi connectivity index (χ2n) is 6.15. The summed E-state index contributed by atoms with van der Waals surface area (Å²) in [5.74, 6) is -0.367. The molecule has 3 aromatic rings. The molecule has 13 nitrogen and oxygen atoms in total. The van der Waals surface area contributed by atoms with Crippen LogP contribution in [0.15, 0.2) is 60.3 Å². The van der Waals surface area contributed by atoms with E-state index in [4.69, 9.17) is 25.0 Å². The monoisotopic (exact) mass is 442 g/mol. The number of carbonyl (C=O) groups excluding carboxylic acids is 2. The van der Waals surface area contributed by atoms with E-state index in [1.165, 1.54) is 12.1 Å². The summed E-state index contributed by atoms with van der Waals surface area (Å²) in [5, 5.41) is 10.6. The molecule has 2 amide bonds. The highest BCUT2D eigenvalue weighted by Gasteiger charge is 2.11. The van der Waals surface area contributed by atoms with Gasteiger partial charge in [-0.15, -0.1) is 10.2 Å². The molecule has 0 spiro atoms. The van der Waals surface area contributed by atoms with Crippen molar-refractivity contribution in [1.82, 2.24) is 4.98 Å². The Morgan fingerprint density at radius 2 is 1.88 bits per heavy atom. The van der Waals surface area contributed by atoms with Crippen LogP contribution in [-0.4, -0.2) is 23.6 Å². The Bertz CT molecular complexity index is 1220. The molecular weight excluding hydrogens is 424 g/mol. The zero-order valence-electron chi connectivity index (χ0n) is 16.7. The number of carbonyl (C=O) groups is 2. The number of hydrogen-bond acceptors (Lipinski definition) is 11. The van der Waals surface area contributed by atoms with Crippen LogP contribution in [0.4, 0.5) is 27.8 Å². The number of nitrogen functional groups attached to an aromatic ring is 1. The van der Waals surface area contributed by atoms with Crippen LogP contribution in [0.1, 0.15) is 11.5 Å². The first-order valence-corrected chi connectivity index (χ1v) is 9.03. The van der Waals surface area contributed by atoms with Crippen LogP contribution in [0.3, 0.4) is 0 Å².